The Morgan fingerprint density at radius 2 is 2.14 bits per heavy atom. The van der Waals surface area contributed by atoms with Crippen molar-refractivity contribution >= 4 is 0 Å². The molecule has 2 rings (SSSR count). The molecule has 1 fully saturated rings. The molecule has 3 nitrogen and oxygen atoms in total. The Kier molecular flexibility index (Phi) is 5.11. The number of nitrogens with zero attached hydrogens (tertiary/aromatic N) is 1. The average molecular weight is 303 g/mol. The summed E-state index contributed by atoms with van der Waals surface area (Å²) in [5.41, 5.74) is 1.54. The van der Waals surface area contributed by atoms with Crippen molar-refractivity contribution in [3.63, 3.8) is 0 Å². The summed E-state index contributed by atoms with van der Waals surface area (Å²) >= 11 is 0. The average Bonchev–Trinajstić information content (AvgIpc) is 2.46. The molecule has 1 heterocycles. The van der Waals surface area contributed by atoms with Gasteiger partial charge in [0.15, 0.2) is 0 Å². The van der Waals surface area contributed by atoms with Crippen molar-refractivity contribution in [2.45, 2.75) is 32.2 Å². The highest BCUT2D eigenvalue weighted by molar-refractivity contribution is 5.37. The van der Waals surface area contributed by atoms with E-state index in [1.807, 2.05) is 0 Å². The fourth-order valence-electron chi connectivity index (χ4n) is 2.76. The molecule has 0 spiro atoms. The van der Waals surface area contributed by atoms with Gasteiger partial charge in [-0.05, 0) is 37.1 Å². The first-order valence-corrected chi connectivity index (χ1v) is 6.99. The lowest BCUT2D eigenvalue weighted by Gasteiger charge is -2.34. The van der Waals surface area contributed by atoms with Crippen molar-refractivity contribution in [2.24, 2.45) is 5.92 Å². The number of aliphatic hydroxyl groups excluding tert-OH is 1. The number of alkyl halides is 3. The van der Waals surface area contributed by atoms with Gasteiger partial charge in [-0.3, -0.25) is 4.90 Å². The monoisotopic (exact) mass is 303 g/mol. The lowest BCUT2D eigenvalue weighted by atomic mass is 9.97. The molecular formula is C15H20F3NO2. The molecule has 1 atom stereocenters. The third-order valence-electron chi connectivity index (χ3n) is 3.89. The van der Waals surface area contributed by atoms with Crippen LogP contribution in [0.25, 0.3) is 0 Å². The number of ether oxygens (including phenoxy) is 1. The van der Waals surface area contributed by atoms with Gasteiger partial charge in [0, 0.05) is 18.7 Å². The molecule has 1 unspecified atom stereocenters. The molecule has 0 radical (unpaired) electrons. The Balaban J connectivity index is 2.10. The Bertz CT molecular complexity index is 476. The van der Waals surface area contributed by atoms with Crippen LogP contribution in [0, 0.1) is 5.92 Å². The zero-order valence-electron chi connectivity index (χ0n) is 12.0. The van der Waals surface area contributed by atoms with E-state index in [2.05, 4.69) is 0 Å². The van der Waals surface area contributed by atoms with E-state index in [1.165, 1.54) is 7.11 Å². The standard InChI is InChI=1S/C15H20F3NO2/c1-21-14-5-4-11(10-20)7-12(14)8-19-6-2-3-13(9-19)15(16,17)18/h4-5,7,13,20H,2-3,6,8-10H2,1H3. The van der Waals surface area contributed by atoms with Crippen molar-refractivity contribution in [2.75, 3.05) is 20.2 Å². The number of benzene rings is 1. The molecule has 1 saturated heterocycles. The number of hydrogen-bond acceptors (Lipinski definition) is 3. The molecule has 1 N–H and O–H groups in total. The van der Waals surface area contributed by atoms with Crippen LogP contribution in [0.5, 0.6) is 5.75 Å². The third-order valence-corrected chi connectivity index (χ3v) is 3.89. The Labute approximate surface area is 122 Å². The molecule has 21 heavy (non-hydrogen) atoms. The molecule has 0 bridgehead atoms. The van der Waals surface area contributed by atoms with Crippen molar-refractivity contribution in [1.82, 2.24) is 4.90 Å². The maximum Gasteiger partial charge on any atom is 0.393 e. The molecule has 118 valence electrons. The molecular weight excluding hydrogens is 283 g/mol. The molecule has 6 heteroatoms. The highest BCUT2D eigenvalue weighted by atomic mass is 19.4. The normalized spacial score (nSPS) is 20.5. The molecule has 1 aliphatic heterocycles. The third kappa shape index (κ3) is 4.11. The second-order valence-electron chi connectivity index (χ2n) is 5.42. The van der Waals surface area contributed by atoms with Crippen LogP contribution in [-0.4, -0.2) is 36.4 Å². The minimum absolute atomic E-state index is 0.0238. The van der Waals surface area contributed by atoms with Crippen LogP contribution < -0.4 is 4.74 Å². The van der Waals surface area contributed by atoms with Gasteiger partial charge in [-0.25, -0.2) is 0 Å². The van der Waals surface area contributed by atoms with Gasteiger partial charge in [-0.1, -0.05) is 6.07 Å². The van der Waals surface area contributed by atoms with E-state index >= 15 is 0 Å². The number of hydrogen-bond donors (Lipinski definition) is 1. The second-order valence-corrected chi connectivity index (χ2v) is 5.42. The van der Waals surface area contributed by atoms with E-state index in [4.69, 9.17) is 4.74 Å². The number of piperidine rings is 1. The van der Waals surface area contributed by atoms with E-state index in [9.17, 15) is 18.3 Å². The van der Waals surface area contributed by atoms with Gasteiger partial charge in [0.1, 0.15) is 5.75 Å². The van der Waals surface area contributed by atoms with Gasteiger partial charge in [-0.2, -0.15) is 13.2 Å². The second kappa shape index (κ2) is 6.66. The van der Waals surface area contributed by atoms with Crippen molar-refractivity contribution < 1.29 is 23.0 Å². The Hall–Kier alpha value is -1.27. The van der Waals surface area contributed by atoms with Gasteiger partial charge in [0.25, 0.3) is 0 Å². The highest BCUT2D eigenvalue weighted by Gasteiger charge is 2.41. The topological polar surface area (TPSA) is 32.7 Å². The van der Waals surface area contributed by atoms with E-state index < -0.39 is 12.1 Å². The molecule has 0 aromatic heterocycles. The van der Waals surface area contributed by atoms with Crippen LogP contribution >= 0.6 is 0 Å². The van der Waals surface area contributed by atoms with E-state index in [-0.39, 0.29) is 19.6 Å². The SMILES string of the molecule is COc1ccc(CO)cc1CN1CCCC(C(F)(F)F)C1. The molecule has 1 aliphatic rings. The van der Waals surface area contributed by atoms with E-state index in [0.717, 1.165) is 11.1 Å². The van der Waals surface area contributed by atoms with Crippen LogP contribution in [0.4, 0.5) is 13.2 Å². The first kappa shape index (κ1) is 16.1. The Morgan fingerprint density at radius 3 is 2.76 bits per heavy atom. The fraction of sp³-hybridized carbons (Fsp3) is 0.600. The summed E-state index contributed by atoms with van der Waals surface area (Å²) in [4.78, 5) is 1.81. The van der Waals surface area contributed by atoms with Gasteiger partial charge in [0.2, 0.25) is 0 Å². The summed E-state index contributed by atoms with van der Waals surface area (Å²) in [7, 11) is 1.53. The van der Waals surface area contributed by atoms with Crippen LogP contribution in [0.2, 0.25) is 0 Å². The summed E-state index contributed by atoms with van der Waals surface area (Å²) in [5, 5.41) is 9.18. The van der Waals surface area contributed by atoms with E-state index in [0.29, 0.717) is 25.3 Å². The lowest BCUT2D eigenvalue weighted by molar-refractivity contribution is -0.187. The van der Waals surface area contributed by atoms with Crippen molar-refractivity contribution in [3.8, 4) is 5.75 Å². The number of likely N-dealkylation sites (tertiary alicyclic amines) is 1. The minimum atomic E-state index is -4.13. The molecule has 1 aromatic carbocycles. The van der Waals surface area contributed by atoms with Gasteiger partial charge < -0.3 is 9.84 Å². The van der Waals surface area contributed by atoms with Gasteiger partial charge in [0.05, 0.1) is 19.6 Å². The first-order chi connectivity index (χ1) is 9.94. The smallest absolute Gasteiger partial charge is 0.393 e. The molecule has 0 amide bonds. The van der Waals surface area contributed by atoms with Crippen LogP contribution in [0.1, 0.15) is 24.0 Å². The predicted octanol–water partition coefficient (Wildman–Crippen LogP) is 2.96. The maximum atomic E-state index is 12.8. The highest BCUT2D eigenvalue weighted by Crippen LogP contribution is 2.34. The molecule has 0 saturated carbocycles. The van der Waals surface area contributed by atoms with Crippen LogP contribution in [0.15, 0.2) is 18.2 Å². The van der Waals surface area contributed by atoms with Crippen LogP contribution in [-0.2, 0) is 13.2 Å². The predicted molar refractivity (Wildman–Crippen MR) is 73.0 cm³/mol. The fourth-order valence-corrected chi connectivity index (χ4v) is 2.76. The zero-order chi connectivity index (χ0) is 15.5. The number of aliphatic hydroxyl groups is 1. The summed E-state index contributed by atoms with van der Waals surface area (Å²) in [6.07, 6.45) is -3.38. The molecule has 0 aliphatic carbocycles. The summed E-state index contributed by atoms with van der Waals surface area (Å²) in [5.74, 6) is -0.611. The largest absolute Gasteiger partial charge is 0.496 e. The van der Waals surface area contributed by atoms with Crippen LogP contribution in [0.3, 0.4) is 0 Å². The number of halogens is 3. The minimum Gasteiger partial charge on any atom is -0.496 e. The number of rotatable bonds is 4. The van der Waals surface area contributed by atoms with Crippen molar-refractivity contribution in [3.05, 3.63) is 29.3 Å². The zero-order valence-corrected chi connectivity index (χ0v) is 12.0. The molecule has 1 aromatic rings. The van der Waals surface area contributed by atoms with E-state index in [1.54, 1.807) is 23.1 Å². The Morgan fingerprint density at radius 1 is 1.38 bits per heavy atom. The van der Waals surface area contributed by atoms with Gasteiger partial charge >= 0.3 is 6.18 Å². The quantitative estimate of drug-likeness (QED) is 0.928. The maximum absolute atomic E-state index is 12.8. The first-order valence-electron chi connectivity index (χ1n) is 6.99. The summed E-state index contributed by atoms with van der Waals surface area (Å²) in [6.45, 7) is 0.987. The number of methoxy groups -OCH3 is 1. The summed E-state index contributed by atoms with van der Waals surface area (Å²) in [6, 6.07) is 5.28. The lowest BCUT2D eigenvalue weighted by Crippen LogP contribution is -2.41. The van der Waals surface area contributed by atoms with Gasteiger partial charge in [-0.15, -0.1) is 0 Å². The summed E-state index contributed by atoms with van der Waals surface area (Å²) < 4.78 is 43.7. The van der Waals surface area contributed by atoms with Crippen molar-refractivity contribution in [1.29, 1.82) is 0 Å².